The highest BCUT2D eigenvalue weighted by Gasteiger charge is 2.03. The molecule has 0 spiro atoms. The monoisotopic (exact) mass is 338 g/mol. The van der Waals surface area contributed by atoms with E-state index in [1.165, 1.54) is 11.3 Å². The summed E-state index contributed by atoms with van der Waals surface area (Å²) >= 11 is 7.36. The molecule has 0 radical (unpaired) electrons. The molecule has 1 heterocycles. The SMILES string of the molecule is N#Cc1ccc(C=NNc2nc(-c3ccc(Cl)cc3)cs2)cc1. The van der Waals surface area contributed by atoms with Crippen molar-refractivity contribution in [2.45, 2.75) is 0 Å². The number of rotatable bonds is 4. The quantitative estimate of drug-likeness (QED) is 0.550. The number of aromatic nitrogens is 1. The van der Waals surface area contributed by atoms with Crippen LogP contribution in [0.3, 0.4) is 0 Å². The number of anilines is 1. The number of benzene rings is 2. The first-order valence-corrected chi connectivity index (χ1v) is 8.01. The summed E-state index contributed by atoms with van der Waals surface area (Å²) in [7, 11) is 0. The van der Waals surface area contributed by atoms with E-state index in [0.717, 1.165) is 16.8 Å². The average Bonchev–Trinajstić information content (AvgIpc) is 3.05. The van der Waals surface area contributed by atoms with Gasteiger partial charge < -0.3 is 0 Å². The summed E-state index contributed by atoms with van der Waals surface area (Å²) < 4.78 is 0. The number of halogens is 1. The Morgan fingerprint density at radius 2 is 1.87 bits per heavy atom. The number of hydrazone groups is 1. The van der Waals surface area contributed by atoms with Crippen LogP contribution in [0.1, 0.15) is 11.1 Å². The summed E-state index contributed by atoms with van der Waals surface area (Å²) in [4.78, 5) is 4.48. The molecule has 0 aliphatic carbocycles. The Morgan fingerprint density at radius 3 is 2.57 bits per heavy atom. The van der Waals surface area contributed by atoms with Gasteiger partial charge in [-0.1, -0.05) is 35.9 Å². The molecular formula is C17H11ClN4S. The fraction of sp³-hybridized carbons (Fsp3) is 0. The number of nitrogens with zero attached hydrogens (tertiary/aromatic N) is 3. The van der Waals surface area contributed by atoms with Crippen LogP contribution in [-0.4, -0.2) is 11.2 Å². The second kappa shape index (κ2) is 7.05. The summed E-state index contributed by atoms with van der Waals surface area (Å²) in [5.41, 5.74) is 6.33. The molecule has 0 amide bonds. The van der Waals surface area contributed by atoms with E-state index in [4.69, 9.17) is 16.9 Å². The van der Waals surface area contributed by atoms with Gasteiger partial charge in [-0.05, 0) is 29.8 Å². The normalized spacial score (nSPS) is 10.6. The molecule has 6 heteroatoms. The van der Waals surface area contributed by atoms with Gasteiger partial charge in [-0.3, -0.25) is 5.43 Å². The second-order valence-corrected chi connectivity index (χ2v) is 5.94. The van der Waals surface area contributed by atoms with Gasteiger partial charge in [0.05, 0.1) is 23.5 Å². The van der Waals surface area contributed by atoms with Gasteiger partial charge in [0.15, 0.2) is 0 Å². The fourth-order valence-electron chi connectivity index (χ4n) is 1.88. The maximum atomic E-state index is 8.75. The molecule has 0 saturated carbocycles. The van der Waals surface area contributed by atoms with Crippen LogP contribution in [0, 0.1) is 11.3 Å². The van der Waals surface area contributed by atoms with Crippen LogP contribution < -0.4 is 5.43 Å². The van der Waals surface area contributed by atoms with Crippen molar-refractivity contribution in [2.75, 3.05) is 5.43 Å². The van der Waals surface area contributed by atoms with E-state index in [1.807, 2.05) is 41.8 Å². The van der Waals surface area contributed by atoms with Crippen LogP contribution in [0.2, 0.25) is 5.02 Å². The van der Waals surface area contributed by atoms with Crippen molar-refractivity contribution in [1.82, 2.24) is 4.98 Å². The smallest absolute Gasteiger partial charge is 0.203 e. The van der Waals surface area contributed by atoms with Crippen molar-refractivity contribution >= 4 is 34.3 Å². The summed E-state index contributed by atoms with van der Waals surface area (Å²) in [6.45, 7) is 0. The lowest BCUT2D eigenvalue weighted by Gasteiger charge is -1.97. The van der Waals surface area contributed by atoms with E-state index in [0.29, 0.717) is 15.7 Å². The van der Waals surface area contributed by atoms with Crippen molar-refractivity contribution in [3.8, 4) is 17.3 Å². The van der Waals surface area contributed by atoms with E-state index in [-0.39, 0.29) is 0 Å². The predicted molar refractivity (Wildman–Crippen MR) is 94.9 cm³/mol. The highest BCUT2D eigenvalue weighted by atomic mass is 35.5. The third-order valence-corrected chi connectivity index (χ3v) is 4.06. The lowest BCUT2D eigenvalue weighted by Crippen LogP contribution is -1.90. The minimum Gasteiger partial charge on any atom is -0.253 e. The molecule has 0 atom stereocenters. The summed E-state index contributed by atoms with van der Waals surface area (Å²) in [5.74, 6) is 0. The lowest BCUT2D eigenvalue weighted by molar-refractivity contribution is 1.29. The van der Waals surface area contributed by atoms with E-state index >= 15 is 0 Å². The standard InChI is InChI=1S/C17H11ClN4S/c18-15-7-5-14(6-8-15)16-11-23-17(21-16)22-20-10-13-3-1-12(9-19)2-4-13/h1-8,10-11H,(H,21,22). The predicted octanol–water partition coefficient (Wildman–Crippen LogP) is 4.78. The minimum absolute atomic E-state index is 0.627. The van der Waals surface area contributed by atoms with Crippen LogP contribution in [0.15, 0.2) is 59.0 Å². The third kappa shape index (κ3) is 3.95. The van der Waals surface area contributed by atoms with Crippen LogP contribution in [0.25, 0.3) is 11.3 Å². The van der Waals surface area contributed by atoms with Crippen LogP contribution in [0.4, 0.5) is 5.13 Å². The number of nitriles is 1. The number of nitrogens with one attached hydrogen (secondary N) is 1. The Bertz CT molecular complexity index is 861. The topological polar surface area (TPSA) is 61.1 Å². The molecule has 3 rings (SSSR count). The molecule has 0 fully saturated rings. The zero-order valence-electron chi connectivity index (χ0n) is 11.9. The summed E-state index contributed by atoms with van der Waals surface area (Å²) in [6.07, 6.45) is 1.69. The molecule has 1 aromatic heterocycles. The van der Waals surface area contributed by atoms with Gasteiger partial charge in [-0.15, -0.1) is 11.3 Å². The van der Waals surface area contributed by atoms with Gasteiger partial charge in [0.25, 0.3) is 0 Å². The fourth-order valence-corrected chi connectivity index (χ4v) is 2.68. The molecule has 0 bridgehead atoms. The molecule has 0 unspecified atom stereocenters. The van der Waals surface area contributed by atoms with Gasteiger partial charge in [0, 0.05) is 16.0 Å². The van der Waals surface area contributed by atoms with Crippen molar-refractivity contribution in [3.63, 3.8) is 0 Å². The zero-order valence-corrected chi connectivity index (χ0v) is 13.5. The summed E-state index contributed by atoms with van der Waals surface area (Å²) in [5, 5.41) is 16.3. The number of hydrogen-bond acceptors (Lipinski definition) is 5. The van der Waals surface area contributed by atoms with E-state index in [1.54, 1.807) is 18.3 Å². The van der Waals surface area contributed by atoms with Crippen molar-refractivity contribution < 1.29 is 0 Å². The Morgan fingerprint density at radius 1 is 1.13 bits per heavy atom. The van der Waals surface area contributed by atoms with Gasteiger partial charge >= 0.3 is 0 Å². The van der Waals surface area contributed by atoms with E-state index < -0.39 is 0 Å². The second-order valence-electron chi connectivity index (χ2n) is 4.65. The van der Waals surface area contributed by atoms with Gasteiger partial charge in [0.2, 0.25) is 5.13 Å². The lowest BCUT2D eigenvalue weighted by atomic mass is 10.2. The van der Waals surface area contributed by atoms with Gasteiger partial charge in [-0.2, -0.15) is 10.4 Å². The Hall–Kier alpha value is -2.68. The molecule has 0 saturated heterocycles. The van der Waals surface area contributed by atoms with Crippen LogP contribution >= 0.6 is 22.9 Å². The molecule has 1 N–H and O–H groups in total. The molecule has 0 aliphatic heterocycles. The Balaban J connectivity index is 1.65. The molecule has 23 heavy (non-hydrogen) atoms. The van der Waals surface area contributed by atoms with E-state index in [2.05, 4.69) is 21.6 Å². The largest absolute Gasteiger partial charge is 0.253 e. The third-order valence-electron chi connectivity index (χ3n) is 3.06. The minimum atomic E-state index is 0.627. The van der Waals surface area contributed by atoms with Gasteiger partial charge in [-0.25, -0.2) is 4.98 Å². The Labute approximate surface area is 142 Å². The molecule has 0 aliphatic rings. The first-order chi connectivity index (χ1) is 11.2. The Kier molecular flexibility index (Phi) is 4.67. The highest BCUT2D eigenvalue weighted by molar-refractivity contribution is 7.14. The molecule has 3 aromatic rings. The highest BCUT2D eigenvalue weighted by Crippen LogP contribution is 2.25. The van der Waals surface area contributed by atoms with Crippen LogP contribution in [0.5, 0.6) is 0 Å². The number of hydrogen-bond donors (Lipinski definition) is 1. The first-order valence-electron chi connectivity index (χ1n) is 6.75. The first kappa shape index (κ1) is 15.2. The van der Waals surface area contributed by atoms with Gasteiger partial charge in [0.1, 0.15) is 0 Å². The zero-order chi connectivity index (χ0) is 16.1. The van der Waals surface area contributed by atoms with Crippen molar-refractivity contribution in [3.05, 3.63) is 70.1 Å². The van der Waals surface area contributed by atoms with Crippen molar-refractivity contribution in [1.29, 1.82) is 5.26 Å². The molecule has 112 valence electrons. The van der Waals surface area contributed by atoms with Crippen molar-refractivity contribution in [2.24, 2.45) is 5.10 Å². The average molecular weight is 339 g/mol. The maximum absolute atomic E-state index is 8.75. The molecule has 4 nitrogen and oxygen atoms in total. The molecular weight excluding hydrogens is 328 g/mol. The maximum Gasteiger partial charge on any atom is 0.203 e. The van der Waals surface area contributed by atoms with Crippen LogP contribution in [-0.2, 0) is 0 Å². The summed E-state index contributed by atoms with van der Waals surface area (Å²) in [6, 6.07) is 16.8. The van der Waals surface area contributed by atoms with E-state index in [9.17, 15) is 0 Å². The molecule has 2 aromatic carbocycles. The number of thiazole rings is 1.